The van der Waals surface area contributed by atoms with Gasteiger partial charge in [-0.1, -0.05) is 6.58 Å². The van der Waals surface area contributed by atoms with Crippen molar-refractivity contribution in [3.05, 3.63) is 46.4 Å². The minimum absolute atomic E-state index is 0.0483. The van der Waals surface area contributed by atoms with Crippen LogP contribution in [0.5, 0.6) is 5.75 Å². The summed E-state index contributed by atoms with van der Waals surface area (Å²) in [6, 6.07) is 4.76. The molecule has 0 unspecified atom stereocenters. The van der Waals surface area contributed by atoms with Gasteiger partial charge in [-0.15, -0.1) is 0 Å². The van der Waals surface area contributed by atoms with Gasteiger partial charge < -0.3 is 9.47 Å². The molecular weight excluding hydrogens is 290 g/mol. The fraction of sp³-hybridized carbons (Fsp3) is 0.182. The number of nitro groups is 1. The van der Waals surface area contributed by atoms with Gasteiger partial charge >= 0.3 is 6.16 Å². The second-order valence-electron chi connectivity index (χ2n) is 3.49. The number of rotatable bonds is 6. The number of benzene rings is 1. The van der Waals surface area contributed by atoms with Crippen LogP contribution in [-0.4, -0.2) is 31.9 Å². The number of sulfone groups is 1. The average Bonchev–Trinajstić information content (AvgIpc) is 2.39. The van der Waals surface area contributed by atoms with Crippen molar-refractivity contribution in [2.75, 3.05) is 12.4 Å². The summed E-state index contributed by atoms with van der Waals surface area (Å²) in [5, 5.41) is 11.2. The van der Waals surface area contributed by atoms with Gasteiger partial charge in [0, 0.05) is 17.5 Å². The van der Waals surface area contributed by atoms with Gasteiger partial charge in [0.25, 0.3) is 5.69 Å². The van der Waals surface area contributed by atoms with E-state index in [0.29, 0.717) is 0 Å². The van der Waals surface area contributed by atoms with E-state index in [0.717, 1.165) is 17.5 Å². The molecule has 1 rings (SSSR count). The molecule has 8 nitrogen and oxygen atoms in total. The highest BCUT2D eigenvalue weighted by atomic mass is 32.2. The monoisotopic (exact) mass is 301 g/mol. The molecule has 0 heterocycles. The van der Waals surface area contributed by atoms with Gasteiger partial charge in [-0.3, -0.25) is 10.1 Å². The topological polar surface area (TPSA) is 113 Å². The number of ether oxygens (including phenoxy) is 2. The van der Waals surface area contributed by atoms with Gasteiger partial charge in [-0.2, -0.15) is 0 Å². The Morgan fingerprint density at radius 2 is 1.95 bits per heavy atom. The van der Waals surface area contributed by atoms with Crippen LogP contribution >= 0.6 is 0 Å². The van der Waals surface area contributed by atoms with Crippen LogP contribution in [0.1, 0.15) is 0 Å². The maximum atomic E-state index is 11.2. The summed E-state index contributed by atoms with van der Waals surface area (Å²) in [7, 11) is -3.45. The van der Waals surface area contributed by atoms with Crippen molar-refractivity contribution >= 4 is 21.7 Å². The Bertz CT molecular complexity index is 606. The van der Waals surface area contributed by atoms with Crippen LogP contribution in [0.15, 0.2) is 36.3 Å². The Labute approximate surface area is 114 Å². The number of non-ortho nitro benzene ring substituents is 1. The maximum absolute atomic E-state index is 11.2. The lowest BCUT2D eigenvalue weighted by Gasteiger charge is -2.05. The molecule has 1 aromatic carbocycles. The van der Waals surface area contributed by atoms with Crippen molar-refractivity contribution in [2.45, 2.75) is 0 Å². The van der Waals surface area contributed by atoms with Crippen molar-refractivity contribution in [1.29, 1.82) is 0 Å². The van der Waals surface area contributed by atoms with Gasteiger partial charge in [0.15, 0.2) is 9.84 Å². The minimum Gasteiger partial charge on any atom is -0.433 e. The predicted octanol–water partition coefficient (Wildman–Crippen LogP) is 1.67. The zero-order valence-electron chi connectivity index (χ0n) is 10.2. The van der Waals surface area contributed by atoms with Crippen molar-refractivity contribution in [2.24, 2.45) is 0 Å². The molecule has 0 aliphatic carbocycles. The van der Waals surface area contributed by atoms with Gasteiger partial charge in [0.1, 0.15) is 12.4 Å². The largest absolute Gasteiger partial charge is 0.513 e. The molecule has 0 saturated carbocycles. The Hall–Kier alpha value is -2.42. The average molecular weight is 301 g/mol. The van der Waals surface area contributed by atoms with E-state index in [9.17, 15) is 23.3 Å². The smallest absolute Gasteiger partial charge is 0.433 e. The molecule has 0 N–H and O–H groups in total. The highest BCUT2D eigenvalue weighted by Crippen LogP contribution is 2.17. The van der Waals surface area contributed by atoms with E-state index in [1.807, 2.05) is 0 Å². The predicted molar refractivity (Wildman–Crippen MR) is 69.1 cm³/mol. The van der Waals surface area contributed by atoms with E-state index >= 15 is 0 Å². The zero-order valence-corrected chi connectivity index (χ0v) is 11.0. The van der Waals surface area contributed by atoms with E-state index < -0.39 is 26.7 Å². The summed E-state index contributed by atoms with van der Waals surface area (Å²) in [4.78, 5) is 21.0. The summed E-state index contributed by atoms with van der Waals surface area (Å²) >= 11 is 0. The first kappa shape index (κ1) is 15.6. The number of hydrogen-bond donors (Lipinski definition) is 0. The van der Waals surface area contributed by atoms with Crippen LogP contribution in [0.3, 0.4) is 0 Å². The highest BCUT2D eigenvalue weighted by Gasteiger charge is 2.11. The van der Waals surface area contributed by atoms with Crippen LogP contribution in [0.25, 0.3) is 0 Å². The van der Waals surface area contributed by atoms with Crippen LogP contribution in [-0.2, 0) is 14.6 Å². The lowest BCUT2D eigenvalue weighted by Crippen LogP contribution is -2.16. The first-order valence-corrected chi connectivity index (χ1v) is 7.00. The van der Waals surface area contributed by atoms with Crippen LogP contribution in [0, 0.1) is 10.1 Å². The Balaban J connectivity index is 2.46. The first-order valence-electron chi connectivity index (χ1n) is 5.28. The van der Waals surface area contributed by atoms with E-state index in [2.05, 4.69) is 11.3 Å². The van der Waals surface area contributed by atoms with E-state index in [1.54, 1.807) is 0 Å². The summed E-state index contributed by atoms with van der Waals surface area (Å²) in [6.07, 6.45) is -1.10. The first-order chi connectivity index (χ1) is 9.34. The number of carbonyl (C=O) groups excluding carboxylic acids is 1. The lowest BCUT2D eigenvalue weighted by atomic mass is 10.3. The summed E-state index contributed by atoms with van der Waals surface area (Å²) in [5.74, 6) is -0.349. The number of hydrogen-bond acceptors (Lipinski definition) is 7. The molecule has 0 aliphatic heterocycles. The summed E-state index contributed by atoms with van der Waals surface area (Å²) in [5.41, 5.74) is -0.150. The van der Waals surface area contributed by atoms with Gasteiger partial charge in [-0.25, -0.2) is 13.2 Å². The molecule has 0 atom stereocenters. The van der Waals surface area contributed by atoms with Gasteiger partial charge in [0.05, 0.1) is 10.7 Å². The Morgan fingerprint density at radius 3 is 2.45 bits per heavy atom. The molecule has 0 amide bonds. The Morgan fingerprint density at radius 1 is 1.35 bits per heavy atom. The maximum Gasteiger partial charge on any atom is 0.513 e. The molecule has 0 fully saturated rings. The zero-order chi connectivity index (χ0) is 15.2. The fourth-order valence-electron chi connectivity index (χ4n) is 1.09. The van der Waals surface area contributed by atoms with Crippen molar-refractivity contribution in [3.63, 3.8) is 0 Å². The molecule has 108 valence electrons. The second kappa shape index (κ2) is 6.66. The number of nitrogens with zero attached hydrogens (tertiary/aromatic N) is 1. The minimum atomic E-state index is -3.45. The molecule has 0 radical (unpaired) electrons. The third-order valence-electron chi connectivity index (χ3n) is 2.09. The Kier molecular flexibility index (Phi) is 5.21. The SMILES string of the molecule is C=CS(=O)(=O)CCOC(=O)Oc1ccc([N+](=O)[O-])cc1. The van der Waals surface area contributed by atoms with Crippen LogP contribution in [0.4, 0.5) is 10.5 Å². The quantitative estimate of drug-likeness (QED) is 0.340. The molecular formula is C11H11NO7S. The number of nitro benzene ring substituents is 1. The molecule has 0 spiro atoms. The van der Waals surface area contributed by atoms with Crippen molar-refractivity contribution in [1.82, 2.24) is 0 Å². The van der Waals surface area contributed by atoms with Crippen molar-refractivity contribution in [3.8, 4) is 5.75 Å². The standard InChI is InChI=1S/C11H11NO7S/c1-2-20(16,17)8-7-18-11(13)19-10-5-3-9(4-6-10)12(14)15/h2-6H,1,7-8H2. The number of carbonyl (C=O) groups is 1. The molecule has 0 bridgehead atoms. The van der Waals surface area contributed by atoms with Crippen LogP contribution in [0.2, 0.25) is 0 Å². The molecule has 0 aromatic heterocycles. The second-order valence-corrected chi connectivity index (χ2v) is 5.55. The molecule has 20 heavy (non-hydrogen) atoms. The van der Waals surface area contributed by atoms with E-state index in [1.165, 1.54) is 12.1 Å². The summed E-state index contributed by atoms with van der Waals surface area (Å²) in [6.45, 7) is 2.73. The third kappa shape index (κ3) is 5.06. The van der Waals surface area contributed by atoms with E-state index in [-0.39, 0.29) is 18.0 Å². The van der Waals surface area contributed by atoms with Crippen LogP contribution < -0.4 is 4.74 Å². The summed E-state index contributed by atoms with van der Waals surface area (Å²) < 4.78 is 31.3. The van der Waals surface area contributed by atoms with Gasteiger partial charge in [0.2, 0.25) is 0 Å². The van der Waals surface area contributed by atoms with Crippen molar-refractivity contribution < 1.29 is 27.6 Å². The molecule has 9 heteroatoms. The fourth-order valence-corrected chi connectivity index (χ4v) is 1.57. The molecule has 0 aliphatic rings. The van der Waals surface area contributed by atoms with E-state index in [4.69, 9.17) is 4.74 Å². The normalized spacial score (nSPS) is 10.6. The molecule has 1 aromatic rings. The third-order valence-corrected chi connectivity index (χ3v) is 3.33. The lowest BCUT2D eigenvalue weighted by molar-refractivity contribution is -0.384. The molecule has 0 saturated heterocycles. The highest BCUT2D eigenvalue weighted by molar-refractivity contribution is 7.94. The van der Waals surface area contributed by atoms with Gasteiger partial charge in [-0.05, 0) is 12.1 Å².